The zero-order chi connectivity index (χ0) is 19.3. The lowest BCUT2D eigenvalue weighted by molar-refractivity contribution is -0.123. The molecule has 1 aromatic carbocycles. The van der Waals surface area contributed by atoms with Gasteiger partial charge in [0.05, 0.1) is 26.7 Å². The molecule has 7 heteroatoms. The molecule has 0 saturated carbocycles. The fourth-order valence-corrected chi connectivity index (χ4v) is 6.18. The van der Waals surface area contributed by atoms with Crippen molar-refractivity contribution in [2.45, 2.75) is 25.7 Å². The molecule has 2 aromatic rings. The highest BCUT2D eigenvalue weighted by atomic mass is 32.1. The number of carbonyl (C=O) groups is 1. The van der Waals surface area contributed by atoms with Crippen LogP contribution in [-0.2, 0) is 4.79 Å². The van der Waals surface area contributed by atoms with Crippen LogP contribution < -0.4 is 5.32 Å². The van der Waals surface area contributed by atoms with Crippen molar-refractivity contribution in [3.05, 3.63) is 58.9 Å². The maximum atomic E-state index is 12.9. The average Bonchev–Trinajstić information content (AvgIpc) is 3.07. The third-order valence-electron chi connectivity index (χ3n) is 5.39. The smallest absolute Gasteiger partial charge is 0.252 e. The first-order valence-corrected chi connectivity index (χ1v) is 11.5. The fourth-order valence-electron chi connectivity index (χ4n) is 4.00. The van der Waals surface area contributed by atoms with Crippen LogP contribution in [0.25, 0.3) is 15.5 Å². The third kappa shape index (κ3) is 3.30. The van der Waals surface area contributed by atoms with Crippen LogP contribution in [0.1, 0.15) is 17.5 Å². The Morgan fingerprint density at radius 3 is 3.11 bits per heavy atom. The van der Waals surface area contributed by atoms with Crippen LogP contribution in [0, 0.1) is 6.92 Å². The number of benzene rings is 1. The summed E-state index contributed by atoms with van der Waals surface area (Å²) in [6, 6.07) is 6.84. The number of aromatic nitrogens is 1. The molecule has 0 radical (unpaired) electrons. The number of rotatable bonds is 2. The Morgan fingerprint density at radius 2 is 2.25 bits per heavy atom. The van der Waals surface area contributed by atoms with Crippen molar-refractivity contribution in [1.29, 1.82) is 0 Å². The van der Waals surface area contributed by atoms with Gasteiger partial charge in [-0.05, 0) is 42.9 Å². The van der Waals surface area contributed by atoms with E-state index in [0.29, 0.717) is 14.6 Å². The predicted molar refractivity (Wildman–Crippen MR) is 118 cm³/mol. The first-order chi connectivity index (χ1) is 13.6. The van der Waals surface area contributed by atoms with Crippen molar-refractivity contribution >= 4 is 41.4 Å². The summed E-state index contributed by atoms with van der Waals surface area (Å²) in [5, 5.41) is 5.66. The van der Waals surface area contributed by atoms with E-state index in [1.165, 1.54) is 4.70 Å². The number of amides is 1. The highest BCUT2D eigenvalue weighted by Crippen LogP contribution is 2.45. The summed E-state index contributed by atoms with van der Waals surface area (Å²) in [6.07, 6.45) is 8.23. The van der Waals surface area contributed by atoms with Gasteiger partial charge in [-0.25, -0.2) is 4.98 Å². The van der Waals surface area contributed by atoms with Crippen LogP contribution in [0.3, 0.4) is 0 Å². The fraction of sp³-hybridized carbons (Fsp3) is 0.333. The number of piperazine rings is 1. The lowest BCUT2D eigenvalue weighted by atomic mass is 10.1. The van der Waals surface area contributed by atoms with Crippen molar-refractivity contribution in [1.82, 2.24) is 20.1 Å². The van der Waals surface area contributed by atoms with Crippen LogP contribution >= 0.6 is 19.9 Å². The van der Waals surface area contributed by atoms with Crippen molar-refractivity contribution < 1.29 is 4.79 Å². The van der Waals surface area contributed by atoms with Crippen molar-refractivity contribution in [3.63, 3.8) is 0 Å². The zero-order valence-electron chi connectivity index (χ0n) is 16.0. The molecule has 0 aliphatic carbocycles. The maximum Gasteiger partial charge on any atom is 0.252 e. The van der Waals surface area contributed by atoms with Gasteiger partial charge in [-0.2, -0.15) is 0 Å². The van der Waals surface area contributed by atoms with Crippen LogP contribution in [-0.4, -0.2) is 52.2 Å². The Kier molecular flexibility index (Phi) is 4.58. The second-order valence-corrected chi connectivity index (χ2v) is 10.2. The highest BCUT2D eigenvalue weighted by Gasteiger charge is 2.30. The third-order valence-corrected chi connectivity index (χ3v) is 7.85. The summed E-state index contributed by atoms with van der Waals surface area (Å²) in [5.41, 5.74) is 3.27. The molecule has 4 heterocycles. The second-order valence-electron chi connectivity index (χ2n) is 7.52. The lowest BCUT2D eigenvalue weighted by Crippen LogP contribution is -2.49. The van der Waals surface area contributed by atoms with Crippen LogP contribution in [0.4, 0.5) is 0 Å². The van der Waals surface area contributed by atoms with Crippen LogP contribution in [0.5, 0.6) is 0 Å². The van der Waals surface area contributed by atoms with Gasteiger partial charge >= 0.3 is 0 Å². The Morgan fingerprint density at radius 1 is 1.36 bits per heavy atom. The van der Waals surface area contributed by atoms with Gasteiger partial charge in [-0.1, -0.05) is 20.7 Å². The Balaban J connectivity index is 1.41. The molecule has 1 N–H and O–H groups in total. The van der Waals surface area contributed by atoms with Gasteiger partial charge in [0.2, 0.25) is 0 Å². The molecule has 5 rings (SSSR count). The molecule has 1 saturated heterocycles. The molecule has 0 bridgehead atoms. The van der Waals surface area contributed by atoms with E-state index in [1.807, 2.05) is 24.1 Å². The summed E-state index contributed by atoms with van der Waals surface area (Å²) in [4.78, 5) is 21.8. The molecular formula is C21H23N4OPS. The number of allylic oxidation sites excluding steroid dienone is 1. The normalized spacial score (nSPS) is 25.9. The summed E-state index contributed by atoms with van der Waals surface area (Å²) in [7, 11) is 0.537. The first kappa shape index (κ1) is 18.0. The highest BCUT2D eigenvalue weighted by molar-refractivity contribution is 7.51. The Bertz CT molecular complexity index is 1040. The van der Waals surface area contributed by atoms with Gasteiger partial charge in [0, 0.05) is 38.0 Å². The number of nitrogens with one attached hydrogen (secondary N) is 1. The Hall–Kier alpha value is -2.01. The van der Waals surface area contributed by atoms with Crippen LogP contribution in [0.15, 0.2) is 48.3 Å². The predicted octanol–water partition coefficient (Wildman–Crippen LogP) is 3.50. The van der Waals surface area contributed by atoms with E-state index in [-0.39, 0.29) is 11.7 Å². The molecule has 3 aliphatic rings. The van der Waals surface area contributed by atoms with Gasteiger partial charge < -0.3 is 15.1 Å². The van der Waals surface area contributed by atoms with Crippen molar-refractivity contribution in [2.24, 2.45) is 0 Å². The van der Waals surface area contributed by atoms with Gasteiger partial charge in [0.1, 0.15) is 0 Å². The molecule has 2 unspecified atom stereocenters. The average molecular weight is 410 g/mol. The van der Waals surface area contributed by atoms with Gasteiger partial charge in [-0.3, -0.25) is 4.79 Å². The van der Waals surface area contributed by atoms with E-state index >= 15 is 0 Å². The second kappa shape index (κ2) is 7.11. The molecular weight excluding hydrogens is 387 g/mol. The number of hydrogen-bond donors (Lipinski definition) is 1. The largest absolute Gasteiger partial charge is 0.368 e. The number of fused-ring (bicyclic) bond motifs is 2. The monoisotopic (exact) mass is 410 g/mol. The SMILES string of the molecule is Cc1nc2cc(C3=CC(=O)N4C=C(N5CCN[C@@H](C)C5)C=CC4P3)ccc2s1. The maximum absolute atomic E-state index is 12.9. The molecule has 144 valence electrons. The minimum Gasteiger partial charge on any atom is -0.368 e. The van der Waals surface area contributed by atoms with Crippen molar-refractivity contribution in [3.8, 4) is 0 Å². The number of aryl methyl sites for hydroxylation is 1. The van der Waals surface area contributed by atoms with Crippen molar-refractivity contribution in [2.75, 3.05) is 19.6 Å². The van der Waals surface area contributed by atoms with Gasteiger partial charge in [-0.15, -0.1) is 11.3 Å². The molecule has 3 atom stereocenters. The summed E-state index contributed by atoms with van der Waals surface area (Å²) in [6.45, 7) is 7.16. The molecule has 1 amide bonds. The quantitative estimate of drug-likeness (QED) is 0.770. The van der Waals surface area contributed by atoms with Gasteiger partial charge in [0.25, 0.3) is 5.91 Å². The van der Waals surface area contributed by atoms with E-state index in [2.05, 4.69) is 52.5 Å². The number of nitrogens with zero attached hydrogens (tertiary/aromatic N) is 3. The topological polar surface area (TPSA) is 48.5 Å². The van der Waals surface area contributed by atoms with Crippen LogP contribution in [0.2, 0.25) is 0 Å². The molecule has 1 aromatic heterocycles. The Labute approximate surface area is 170 Å². The van der Waals surface area contributed by atoms with E-state index in [1.54, 1.807) is 11.3 Å². The molecule has 0 spiro atoms. The number of hydrogen-bond acceptors (Lipinski definition) is 5. The zero-order valence-corrected chi connectivity index (χ0v) is 17.8. The van der Waals surface area contributed by atoms with Gasteiger partial charge in [0.15, 0.2) is 0 Å². The minimum atomic E-state index is 0.0679. The summed E-state index contributed by atoms with van der Waals surface area (Å²) >= 11 is 1.71. The summed E-state index contributed by atoms with van der Waals surface area (Å²) in [5.74, 6) is 0.183. The molecule has 28 heavy (non-hydrogen) atoms. The molecule has 1 fully saturated rings. The van der Waals surface area contributed by atoms with E-state index in [9.17, 15) is 4.79 Å². The molecule has 5 nitrogen and oxygen atoms in total. The number of carbonyl (C=O) groups excluding carboxylic acids is 1. The summed E-state index contributed by atoms with van der Waals surface area (Å²) < 4.78 is 1.20. The van der Waals surface area contributed by atoms with E-state index in [4.69, 9.17) is 0 Å². The molecule has 3 aliphatic heterocycles. The van der Waals surface area contributed by atoms with E-state index in [0.717, 1.165) is 46.7 Å². The lowest BCUT2D eigenvalue weighted by Gasteiger charge is -2.39. The number of thiazole rings is 1. The minimum absolute atomic E-state index is 0.0679. The first-order valence-electron chi connectivity index (χ1n) is 9.63. The standard InChI is InChI=1S/C21H23N4OPS/c1-13-11-24(8-7-22-13)16-4-6-21-25(12-16)20(26)10-18(27-21)15-3-5-19-17(9-15)23-14(2)28-19/h3-6,9-10,12-13,21-22,27H,7-8,11H2,1-2H3/t13-,21?/m0/s1. The van der Waals surface area contributed by atoms with E-state index < -0.39 is 0 Å².